The van der Waals surface area contributed by atoms with Crippen molar-refractivity contribution < 1.29 is 9.53 Å². The van der Waals surface area contributed by atoms with Crippen LogP contribution in [-0.4, -0.2) is 36.2 Å². The van der Waals surface area contributed by atoms with Gasteiger partial charge in [-0.15, -0.1) is 11.3 Å². The number of carbonyl (C=O) groups is 1. The first-order valence-corrected chi connectivity index (χ1v) is 12.0. The van der Waals surface area contributed by atoms with Gasteiger partial charge in [0.15, 0.2) is 0 Å². The molecule has 2 bridgehead atoms. The summed E-state index contributed by atoms with van der Waals surface area (Å²) in [7, 11) is 0. The van der Waals surface area contributed by atoms with Crippen LogP contribution in [0.25, 0.3) is 10.4 Å². The molecule has 4 unspecified atom stereocenters. The lowest BCUT2D eigenvalue weighted by atomic mass is 9.79. The predicted octanol–water partition coefficient (Wildman–Crippen LogP) is 6.06. The zero-order valence-corrected chi connectivity index (χ0v) is 18.4. The van der Waals surface area contributed by atoms with Crippen LogP contribution in [0.15, 0.2) is 72.1 Å². The number of thiophene rings is 1. The van der Waals surface area contributed by atoms with Gasteiger partial charge in [0.2, 0.25) is 0 Å². The van der Waals surface area contributed by atoms with Crippen molar-refractivity contribution in [3.63, 3.8) is 0 Å². The number of fused-ring (bicyclic) bond motifs is 3. The van der Waals surface area contributed by atoms with Crippen molar-refractivity contribution in [1.29, 1.82) is 0 Å². The van der Waals surface area contributed by atoms with Crippen LogP contribution in [0.4, 0.5) is 10.5 Å². The van der Waals surface area contributed by atoms with Crippen LogP contribution in [0, 0.1) is 5.92 Å². The van der Waals surface area contributed by atoms with Crippen LogP contribution in [0.1, 0.15) is 24.8 Å². The Kier molecular flexibility index (Phi) is 6.05. The van der Waals surface area contributed by atoms with E-state index >= 15 is 0 Å². The van der Waals surface area contributed by atoms with Crippen molar-refractivity contribution in [3.8, 4) is 10.4 Å². The zero-order valence-electron chi connectivity index (χ0n) is 17.6. The second-order valence-electron chi connectivity index (χ2n) is 8.56. The van der Waals surface area contributed by atoms with E-state index in [9.17, 15) is 4.79 Å². The highest BCUT2D eigenvalue weighted by atomic mass is 32.1. The summed E-state index contributed by atoms with van der Waals surface area (Å²) in [6, 6.07) is 23.4. The number of amides is 1. The molecule has 0 spiro atoms. The largest absolute Gasteiger partial charge is 0.444 e. The molecule has 1 aromatic heterocycles. The number of benzene rings is 2. The van der Waals surface area contributed by atoms with Gasteiger partial charge in [-0.3, -0.25) is 10.2 Å². The SMILES string of the molecule is O=C(Nc1ccsc1-c1ccccc1)OC1CN2CCC1CC2CCc1ccccc1. The average Bonchev–Trinajstić information content (AvgIpc) is 3.27. The molecular formula is C26H28N2O2S. The standard InChI is InChI=1S/C26H28N2O2S/c29-26(27-23-14-16-31-25(23)20-9-5-2-6-10-20)30-24-18-28-15-13-21(24)17-22(28)12-11-19-7-3-1-4-8-19/h1-10,14,16,21-22,24H,11-13,15,17-18H2,(H,27,29). The lowest BCUT2D eigenvalue weighted by Gasteiger charge is -2.49. The summed E-state index contributed by atoms with van der Waals surface area (Å²) in [6.07, 6.45) is 4.18. The Hall–Kier alpha value is -2.63. The lowest BCUT2D eigenvalue weighted by Crippen LogP contribution is -2.57. The third kappa shape index (κ3) is 4.68. The zero-order chi connectivity index (χ0) is 21.0. The highest BCUT2D eigenvalue weighted by Gasteiger charge is 2.41. The maximum absolute atomic E-state index is 12.7. The summed E-state index contributed by atoms with van der Waals surface area (Å²) in [5.41, 5.74) is 3.34. The molecule has 3 aromatic rings. The highest BCUT2D eigenvalue weighted by Crippen LogP contribution is 2.37. The summed E-state index contributed by atoms with van der Waals surface area (Å²) >= 11 is 1.63. The molecule has 3 saturated heterocycles. The van der Waals surface area contributed by atoms with Crippen molar-refractivity contribution in [3.05, 3.63) is 77.7 Å². The van der Waals surface area contributed by atoms with Gasteiger partial charge in [-0.25, -0.2) is 4.79 Å². The van der Waals surface area contributed by atoms with Gasteiger partial charge in [0.1, 0.15) is 6.10 Å². The minimum absolute atomic E-state index is 0.0134. The minimum Gasteiger partial charge on any atom is -0.444 e. The number of carbonyl (C=O) groups excluding carboxylic acids is 1. The average molecular weight is 433 g/mol. The van der Waals surface area contributed by atoms with Gasteiger partial charge in [0.25, 0.3) is 0 Å². The van der Waals surface area contributed by atoms with Gasteiger partial charge >= 0.3 is 6.09 Å². The van der Waals surface area contributed by atoms with Gasteiger partial charge in [-0.2, -0.15) is 0 Å². The quantitative estimate of drug-likeness (QED) is 0.515. The first kappa shape index (κ1) is 20.3. The summed E-state index contributed by atoms with van der Waals surface area (Å²) in [5, 5.41) is 4.99. The summed E-state index contributed by atoms with van der Waals surface area (Å²) in [6.45, 7) is 1.97. The molecular weight excluding hydrogens is 404 g/mol. The predicted molar refractivity (Wildman–Crippen MR) is 126 cm³/mol. The van der Waals surface area contributed by atoms with Crippen LogP contribution in [-0.2, 0) is 11.2 Å². The number of ether oxygens (including phenoxy) is 1. The van der Waals surface area contributed by atoms with Gasteiger partial charge in [-0.05, 0) is 60.7 Å². The third-order valence-electron chi connectivity index (χ3n) is 6.62. The number of anilines is 1. The van der Waals surface area contributed by atoms with E-state index in [4.69, 9.17) is 4.74 Å². The number of aryl methyl sites for hydroxylation is 1. The van der Waals surface area contributed by atoms with Gasteiger partial charge in [0.05, 0.1) is 10.6 Å². The topological polar surface area (TPSA) is 41.6 Å². The number of nitrogens with zero attached hydrogens (tertiary/aromatic N) is 1. The molecule has 0 aliphatic carbocycles. The second kappa shape index (κ2) is 9.25. The molecule has 0 radical (unpaired) electrons. The maximum atomic E-state index is 12.7. The van der Waals surface area contributed by atoms with E-state index in [1.165, 1.54) is 12.0 Å². The van der Waals surface area contributed by atoms with Crippen LogP contribution in [0.3, 0.4) is 0 Å². The minimum atomic E-state index is -0.338. The van der Waals surface area contributed by atoms with E-state index in [0.29, 0.717) is 12.0 Å². The van der Waals surface area contributed by atoms with Crippen molar-refractivity contribution in [2.24, 2.45) is 5.92 Å². The van der Waals surface area contributed by atoms with Crippen molar-refractivity contribution in [1.82, 2.24) is 4.90 Å². The maximum Gasteiger partial charge on any atom is 0.411 e. The normalized spacial score (nSPS) is 24.6. The first-order chi connectivity index (χ1) is 15.3. The fraction of sp³-hybridized carbons (Fsp3) is 0.346. The molecule has 31 heavy (non-hydrogen) atoms. The Morgan fingerprint density at radius 2 is 1.84 bits per heavy atom. The van der Waals surface area contributed by atoms with E-state index < -0.39 is 0 Å². The number of piperidine rings is 3. The van der Waals surface area contributed by atoms with Crippen LogP contribution >= 0.6 is 11.3 Å². The Labute approximate surface area is 187 Å². The fourth-order valence-corrected chi connectivity index (χ4v) is 5.86. The molecule has 4 nitrogen and oxygen atoms in total. The summed E-state index contributed by atoms with van der Waals surface area (Å²) in [5.74, 6) is 0.465. The van der Waals surface area contributed by atoms with E-state index in [1.54, 1.807) is 11.3 Å². The van der Waals surface area contributed by atoms with Crippen molar-refractivity contribution in [2.75, 3.05) is 18.4 Å². The molecule has 3 aliphatic heterocycles. The van der Waals surface area contributed by atoms with E-state index in [2.05, 4.69) is 52.7 Å². The van der Waals surface area contributed by atoms with Crippen LogP contribution in [0.5, 0.6) is 0 Å². The van der Waals surface area contributed by atoms with Crippen molar-refractivity contribution in [2.45, 2.75) is 37.8 Å². The first-order valence-electron chi connectivity index (χ1n) is 11.1. The molecule has 3 fully saturated rings. The summed E-state index contributed by atoms with van der Waals surface area (Å²) < 4.78 is 5.91. The molecule has 6 rings (SSSR count). The lowest BCUT2D eigenvalue weighted by molar-refractivity contribution is -0.0596. The Morgan fingerprint density at radius 3 is 2.58 bits per heavy atom. The monoisotopic (exact) mass is 432 g/mol. The van der Waals surface area contributed by atoms with Gasteiger partial charge < -0.3 is 4.74 Å². The number of hydrogen-bond acceptors (Lipinski definition) is 4. The number of nitrogens with one attached hydrogen (secondary N) is 1. The molecule has 3 aliphatic rings. The Bertz CT molecular complexity index is 1000. The third-order valence-corrected chi connectivity index (χ3v) is 7.59. The van der Waals surface area contributed by atoms with Crippen molar-refractivity contribution >= 4 is 23.1 Å². The second-order valence-corrected chi connectivity index (χ2v) is 9.47. The highest BCUT2D eigenvalue weighted by molar-refractivity contribution is 7.14. The molecule has 4 heterocycles. The Balaban J connectivity index is 1.16. The van der Waals surface area contributed by atoms with Gasteiger partial charge in [-0.1, -0.05) is 60.7 Å². The van der Waals surface area contributed by atoms with Crippen LogP contribution in [0.2, 0.25) is 0 Å². The fourth-order valence-electron chi connectivity index (χ4n) is 5.00. The smallest absolute Gasteiger partial charge is 0.411 e. The van der Waals surface area contributed by atoms with E-state index in [-0.39, 0.29) is 12.2 Å². The Morgan fingerprint density at radius 1 is 1.06 bits per heavy atom. The molecule has 2 aromatic carbocycles. The molecule has 1 N–H and O–H groups in total. The van der Waals surface area contributed by atoms with Gasteiger partial charge in [0, 0.05) is 12.6 Å². The van der Waals surface area contributed by atoms with E-state index in [0.717, 1.165) is 48.5 Å². The molecule has 160 valence electrons. The molecule has 5 heteroatoms. The molecule has 0 saturated carbocycles. The van der Waals surface area contributed by atoms with Crippen LogP contribution < -0.4 is 5.32 Å². The molecule has 1 amide bonds. The number of hydrogen-bond donors (Lipinski definition) is 1. The number of rotatable bonds is 6. The summed E-state index contributed by atoms with van der Waals surface area (Å²) in [4.78, 5) is 16.3. The van der Waals surface area contributed by atoms with E-state index in [1.807, 2.05) is 29.6 Å². The molecule has 4 atom stereocenters.